The largest absolute Gasteiger partial charge is 0.310 e. The normalized spacial score (nSPS) is 11.6. The molecule has 0 saturated carbocycles. The lowest BCUT2D eigenvalue weighted by atomic mass is 9.94. The highest BCUT2D eigenvalue weighted by Gasteiger charge is 2.16. The highest BCUT2D eigenvalue weighted by atomic mass is 32.1. The fraction of sp³-hybridized carbons (Fsp3) is 0. The Hall–Kier alpha value is -6.22. The van der Waals surface area contributed by atoms with Crippen LogP contribution in [0.4, 0.5) is 17.1 Å². The summed E-state index contributed by atoms with van der Waals surface area (Å²) < 4.78 is 2.68. The van der Waals surface area contributed by atoms with E-state index >= 15 is 0 Å². The number of nitrogens with zero attached hydrogens (tertiary/aromatic N) is 1. The topological polar surface area (TPSA) is 3.24 Å². The van der Waals surface area contributed by atoms with Gasteiger partial charge in [-0.3, -0.25) is 0 Å². The van der Waals surface area contributed by atoms with E-state index in [-0.39, 0.29) is 0 Å². The molecule has 2 heteroatoms. The van der Waals surface area contributed by atoms with Crippen molar-refractivity contribution >= 4 is 80.9 Å². The third-order valence-corrected chi connectivity index (χ3v) is 11.3. The van der Waals surface area contributed by atoms with E-state index in [0.29, 0.717) is 0 Å². The van der Waals surface area contributed by atoms with Gasteiger partial charge < -0.3 is 4.90 Å². The van der Waals surface area contributed by atoms with Gasteiger partial charge in [-0.1, -0.05) is 146 Å². The second kappa shape index (κ2) is 11.7. The number of fused-ring (bicyclic) bond motifs is 9. The maximum atomic E-state index is 2.36. The molecule has 234 valence electrons. The molecule has 0 bridgehead atoms. The Bertz CT molecular complexity index is 2810. The lowest BCUT2D eigenvalue weighted by molar-refractivity contribution is 1.29. The lowest BCUT2D eigenvalue weighted by Crippen LogP contribution is -2.09. The summed E-state index contributed by atoms with van der Waals surface area (Å²) in [5, 5.41) is 10.4. The Labute approximate surface area is 294 Å². The summed E-state index contributed by atoms with van der Waals surface area (Å²) in [6.07, 6.45) is 0. The first-order chi connectivity index (χ1) is 24.8. The molecule has 0 fully saturated rings. The fourth-order valence-corrected chi connectivity index (χ4v) is 8.92. The summed E-state index contributed by atoms with van der Waals surface area (Å²) in [5.74, 6) is 0. The smallest absolute Gasteiger partial charge is 0.0468 e. The van der Waals surface area contributed by atoms with Crippen LogP contribution >= 0.6 is 11.3 Å². The molecule has 0 amide bonds. The van der Waals surface area contributed by atoms with Gasteiger partial charge >= 0.3 is 0 Å². The van der Waals surface area contributed by atoms with Crippen LogP contribution in [0, 0.1) is 0 Å². The van der Waals surface area contributed by atoms with Crippen LogP contribution in [0.25, 0.3) is 74.7 Å². The van der Waals surface area contributed by atoms with Gasteiger partial charge in [0.25, 0.3) is 0 Å². The quantitative estimate of drug-likeness (QED) is 0.167. The molecule has 1 heterocycles. The van der Waals surface area contributed by atoms with Gasteiger partial charge in [0.2, 0.25) is 0 Å². The molecule has 0 atom stereocenters. The van der Waals surface area contributed by atoms with E-state index in [0.717, 1.165) is 17.1 Å². The lowest BCUT2D eigenvalue weighted by Gasteiger charge is -2.26. The number of para-hydroxylation sites is 1. The van der Waals surface area contributed by atoms with Gasteiger partial charge in [-0.2, -0.15) is 0 Å². The molecule has 10 rings (SSSR count). The third kappa shape index (κ3) is 4.69. The SMILES string of the molecule is c1ccc(N(c2ccc(-c3ccc(-c4cccc5c4sc4ccccc45)cc3)cc2)c2ccc3c4ccccc4c4ccccc4c3c2)cc1. The van der Waals surface area contributed by atoms with Crippen LogP contribution in [0.3, 0.4) is 0 Å². The van der Waals surface area contributed by atoms with Gasteiger partial charge in [-0.25, -0.2) is 0 Å². The van der Waals surface area contributed by atoms with Crippen molar-refractivity contribution in [3.05, 3.63) is 188 Å². The van der Waals surface area contributed by atoms with Gasteiger partial charge in [0.15, 0.2) is 0 Å². The standard InChI is InChI=1S/C48H31NS/c1-2-11-35(12-3-1)49(37-29-30-43-41-15-5-4-13-39(41)40-14-6-7-16-42(40)46(43)31-37)36-27-25-33(26-28-36)32-21-23-34(24-22-32)38-18-10-19-45-44-17-8-9-20-47(44)50-48(38)45/h1-31H. The number of rotatable bonds is 5. The number of hydrogen-bond acceptors (Lipinski definition) is 2. The van der Waals surface area contributed by atoms with Crippen molar-refractivity contribution in [2.45, 2.75) is 0 Å². The average molecular weight is 654 g/mol. The van der Waals surface area contributed by atoms with Crippen LogP contribution in [-0.2, 0) is 0 Å². The van der Waals surface area contributed by atoms with E-state index < -0.39 is 0 Å². The van der Waals surface area contributed by atoms with Gasteiger partial charge in [0.05, 0.1) is 0 Å². The Balaban J connectivity index is 1.04. The van der Waals surface area contributed by atoms with Crippen molar-refractivity contribution in [3.63, 3.8) is 0 Å². The van der Waals surface area contributed by atoms with Crippen molar-refractivity contribution in [1.29, 1.82) is 0 Å². The highest BCUT2D eigenvalue weighted by Crippen LogP contribution is 2.42. The molecular weight excluding hydrogens is 623 g/mol. The van der Waals surface area contributed by atoms with E-state index in [1.54, 1.807) is 0 Å². The summed E-state index contributed by atoms with van der Waals surface area (Å²) in [6, 6.07) is 68.6. The zero-order chi connectivity index (χ0) is 33.0. The van der Waals surface area contributed by atoms with Crippen LogP contribution in [-0.4, -0.2) is 0 Å². The fourth-order valence-electron chi connectivity index (χ4n) is 7.68. The summed E-state index contributed by atoms with van der Waals surface area (Å²) in [5.41, 5.74) is 8.33. The monoisotopic (exact) mass is 653 g/mol. The Morgan fingerprint density at radius 2 is 0.780 bits per heavy atom. The zero-order valence-corrected chi connectivity index (χ0v) is 28.1. The summed E-state index contributed by atoms with van der Waals surface area (Å²) >= 11 is 1.88. The average Bonchev–Trinajstić information content (AvgIpc) is 3.58. The van der Waals surface area contributed by atoms with Crippen molar-refractivity contribution in [2.24, 2.45) is 0 Å². The predicted octanol–water partition coefficient (Wildman–Crippen LogP) is 14.3. The predicted molar refractivity (Wildman–Crippen MR) is 217 cm³/mol. The van der Waals surface area contributed by atoms with E-state index in [2.05, 4.69) is 193 Å². The molecule has 0 N–H and O–H groups in total. The van der Waals surface area contributed by atoms with E-state index in [9.17, 15) is 0 Å². The highest BCUT2D eigenvalue weighted by molar-refractivity contribution is 7.26. The number of hydrogen-bond donors (Lipinski definition) is 0. The molecule has 50 heavy (non-hydrogen) atoms. The van der Waals surface area contributed by atoms with Crippen LogP contribution in [0.5, 0.6) is 0 Å². The van der Waals surface area contributed by atoms with E-state index in [4.69, 9.17) is 0 Å². The molecular formula is C48H31NS. The molecule has 0 unspecified atom stereocenters. The van der Waals surface area contributed by atoms with E-state index in [1.807, 2.05) is 11.3 Å². The Morgan fingerprint density at radius 3 is 1.46 bits per heavy atom. The van der Waals surface area contributed by atoms with Crippen LogP contribution in [0.1, 0.15) is 0 Å². The molecule has 0 radical (unpaired) electrons. The summed E-state index contributed by atoms with van der Waals surface area (Å²) in [4.78, 5) is 2.36. The molecule has 0 saturated heterocycles. The summed E-state index contributed by atoms with van der Waals surface area (Å²) in [7, 11) is 0. The molecule has 0 aliphatic heterocycles. The molecule has 0 aliphatic carbocycles. The van der Waals surface area contributed by atoms with Gasteiger partial charge in [0, 0.05) is 37.2 Å². The minimum Gasteiger partial charge on any atom is -0.310 e. The molecule has 0 aliphatic rings. The molecule has 10 aromatic rings. The Morgan fingerprint density at radius 1 is 0.300 bits per heavy atom. The second-order valence-electron chi connectivity index (χ2n) is 12.9. The number of benzene rings is 9. The molecule has 1 aromatic heterocycles. The number of anilines is 3. The minimum atomic E-state index is 1.12. The first-order valence-electron chi connectivity index (χ1n) is 17.1. The van der Waals surface area contributed by atoms with Crippen LogP contribution in [0.15, 0.2) is 188 Å². The zero-order valence-electron chi connectivity index (χ0n) is 27.3. The maximum absolute atomic E-state index is 2.36. The maximum Gasteiger partial charge on any atom is 0.0468 e. The van der Waals surface area contributed by atoms with Crippen LogP contribution in [0.2, 0.25) is 0 Å². The second-order valence-corrected chi connectivity index (χ2v) is 13.9. The molecule has 9 aromatic carbocycles. The van der Waals surface area contributed by atoms with Crippen molar-refractivity contribution in [2.75, 3.05) is 4.90 Å². The first-order valence-corrected chi connectivity index (χ1v) is 17.9. The van der Waals surface area contributed by atoms with Crippen molar-refractivity contribution in [3.8, 4) is 22.3 Å². The summed E-state index contributed by atoms with van der Waals surface area (Å²) in [6.45, 7) is 0. The van der Waals surface area contributed by atoms with E-state index in [1.165, 1.54) is 74.7 Å². The van der Waals surface area contributed by atoms with Crippen molar-refractivity contribution < 1.29 is 0 Å². The number of thiophene rings is 1. The minimum absolute atomic E-state index is 1.12. The van der Waals surface area contributed by atoms with Crippen LogP contribution < -0.4 is 4.90 Å². The third-order valence-electron chi connectivity index (χ3n) is 10.1. The first kappa shape index (κ1) is 28.8. The van der Waals surface area contributed by atoms with Crippen molar-refractivity contribution in [1.82, 2.24) is 0 Å². The van der Waals surface area contributed by atoms with Gasteiger partial charge in [-0.15, -0.1) is 11.3 Å². The molecule has 0 spiro atoms. The van der Waals surface area contributed by atoms with Gasteiger partial charge in [-0.05, 0) is 97.0 Å². The van der Waals surface area contributed by atoms with Gasteiger partial charge in [0.1, 0.15) is 0 Å². The Kier molecular flexibility index (Phi) is 6.75. The molecule has 1 nitrogen and oxygen atoms in total.